The molecular formula is C17H22N2O4. The van der Waals surface area contributed by atoms with E-state index in [2.05, 4.69) is 10.6 Å². The Hall–Kier alpha value is -2.37. The van der Waals surface area contributed by atoms with Crippen LogP contribution < -0.4 is 10.6 Å². The molecule has 2 rings (SSSR count). The number of anilines is 1. The maximum absolute atomic E-state index is 12.4. The van der Waals surface area contributed by atoms with E-state index in [9.17, 15) is 19.5 Å². The average Bonchev–Trinajstić information content (AvgIpc) is 2.71. The van der Waals surface area contributed by atoms with Crippen molar-refractivity contribution in [2.24, 2.45) is 5.92 Å². The minimum Gasteiger partial charge on any atom is -0.480 e. The number of carbonyl (C=O) groups excluding carboxylic acids is 2. The highest BCUT2D eigenvalue weighted by molar-refractivity contribution is 5.98. The van der Waals surface area contributed by atoms with Crippen LogP contribution in [0, 0.1) is 5.92 Å². The normalized spacial score (nSPS) is 16.5. The van der Waals surface area contributed by atoms with E-state index in [0.29, 0.717) is 24.8 Å². The smallest absolute Gasteiger partial charge is 0.326 e. The molecule has 1 aliphatic heterocycles. The fourth-order valence-corrected chi connectivity index (χ4v) is 2.62. The molecule has 0 saturated carbocycles. The first-order valence-electron chi connectivity index (χ1n) is 7.88. The topological polar surface area (TPSA) is 95.5 Å². The van der Waals surface area contributed by atoms with Gasteiger partial charge in [-0.15, -0.1) is 0 Å². The molecule has 23 heavy (non-hydrogen) atoms. The van der Waals surface area contributed by atoms with Crippen molar-refractivity contribution >= 4 is 23.5 Å². The lowest BCUT2D eigenvalue weighted by molar-refractivity contribution is -0.140. The third kappa shape index (κ3) is 4.09. The lowest BCUT2D eigenvalue weighted by Gasteiger charge is -2.20. The van der Waals surface area contributed by atoms with Crippen LogP contribution in [-0.4, -0.2) is 28.9 Å². The molecule has 2 amide bonds. The molecule has 0 radical (unpaired) electrons. The van der Waals surface area contributed by atoms with E-state index in [1.807, 2.05) is 6.92 Å². The molecule has 1 aromatic carbocycles. The third-order valence-corrected chi connectivity index (χ3v) is 4.26. The Morgan fingerprint density at radius 1 is 1.35 bits per heavy atom. The van der Waals surface area contributed by atoms with Crippen molar-refractivity contribution in [3.8, 4) is 0 Å². The molecule has 6 heteroatoms. The lowest BCUT2D eigenvalue weighted by Crippen LogP contribution is -2.45. The first kappa shape index (κ1) is 17.0. The largest absolute Gasteiger partial charge is 0.480 e. The average molecular weight is 318 g/mol. The molecule has 2 unspecified atom stereocenters. The van der Waals surface area contributed by atoms with Crippen LogP contribution in [0.15, 0.2) is 18.2 Å². The number of fused-ring (bicyclic) bond motifs is 1. The molecule has 0 aliphatic carbocycles. The minimum absolute atomic E-state index is 0.0244. The molecule has 0 aromatic heterocycles. The highest BCUT2D eigenvalue weighted by Crippen LogP contribution is 2.23. The van der Waals surface area contributed by atoms with Crippen molar-refractivity contribution in [3.05, 3.63) is 29.3 Å². The molecular weight excluding hydrogens is 296 g/mol. The molecule has 1 heterocycles. The maximum atomic E-state index is 12.4. The van der Waals surface area contributed by atoms with Crippen molar-refractivity contribution in [2.75, 3.05) is 5.32 Å². The van der Waals surface area contributed by atoms with Gasteiger partial charge in [-0.3, -0.25) is 9.59 Å². The van der Waals surface area contributed by atoms with E-state index in [4.69, 9.17) is 0 Å². The summed E-state index contributed by atoms with van der Waals surface area (Å²) in [5.41, 5.74) is 2.04. The second-order valence-corrected chi connectivity index (χ2v) is 5.95. The number of carboxylic acids is 1. The van der Waals surface area contributed by atoms with Gasteiger partial charge in [0.2, 0.25) is 5.91 Å². The van der Waals surface area contributed by atoms with Crippen molar-refractivity contribution in [3.63, 3.8) is 0 Å². The number of carboxylic acid groups (broad SMARTS) is 1. The summed E-state index contributed by atoms with van der Waals surface area (Å²) in [5.74, 6) is -1.62. The number of aryl methyl sites for hydroxylation is 1. The van der Waals surface area contributed by atoms with Crippen LogP contribution >= 0.6 is 0 Å². The zero-order chi connectivity index (χ0) is 17.0. The van der Waals surface area contributed by atoms with Gasteiger partial charge in [-0.05, 0) is 42.5 Å². The fourth-order valence-electron chi connectivity index (χ4n) is 2.62. The van der Waals surface area contributed by atoms with Gasteiger partial charge >= 0.3 is 5.97 Å². The third-order valence-electron chi connectivity index (χ3n) is 4.26. The maximum Gasteiger partial charge on any atom is 0.326 e. The number of amides is 2. The molecule has 124 valence electrons. The standard InChI is InChI=1S/C17H22N2O4/c1-3-10(2)15(17(22)23)19-16(21)12-7-8-13-11(9-12)5-4-6-14(20)18-13/h7-10,15H,3-6H2,1-2H3,(H,18,20)(H,19,21)(H,22,23). The van der Waals surface area contributed by atoms with Gasteiger partial charge in [-0.2, -0.15) is 0 Å². The van der Waals surface area contributed by atoms with Crippen LogP contribution in [0.5, 0.6) is 0 Å². The molecule has 0 bridgehead atoms. The Labute approximate surface area is 135 Å². The van der Waals surface area contributed by atoms with Crippen LogP contribution in [0.3, 0.4) is 0 Å². The zero-order valence-corrected chi connectivity index (χ0v) is 13.4. The van der Waals surface area contributed by atoms with Crippen LogP contribution in [0.25, 0.3) is 0 Å². The summed E-state index contributed by atoms with van der Waals surface area (Å²) in [5, 5.41) is 14.7. The van der Waals surface area contributed by atoms with Crippen molar-refractivity contribution in [1.82, 2.24) is 5.32 Å². The zero-order valence-electron chi connectivity index (χ0n) is 13.4. The molecule has 0 saturated heterocycles. The van der Waals surface area contributed by atoms with Gasteiger partial charge in [0.15, 0.2) is 0 Å². The predicted molar refractivity (Wildman–Crippen MR) is 86.4 cm³/mol. The number of benzene rings is 1. The van der Waals surface area contributed by atoms with Gasteiger partial charge in [-0.25, -0.2) is 4.79 Å². The molecule has 1 aliphatic rings. The molecule has 3 N–H and O–H groups in total. The minimum atomic E-state index is -1.03. The van der Waals surface area contributed by atoms with E-state index < -0.39 is 17.9 Å². The Morgan fingerprint density at radius 3 is 2.74 bits per heavy atom. The first-order valence-corrected chi connectivity index (χ1v) is 7.88. The number of hydrogen-bond acceptors (Lipinski definition) is 3. The van der Waals surface area contributed by atoms with E-state index in [-0.39, 0.29) is 11.8 Å². The van der Waals surface area contributed by atoms with E-state index >= 15 is 0 Å². The summed E-state index contributed by atoms with van der Waals surface area (Å²) >= 11 is 0. The Balaban J connectivity index is 2.18. The number of aliphatic carboxylic acids is 1. The van der Waals surface area contributed by atoms with Gasteiger partial charge < -0.3 is 15.7 Å². The van der Waals surface area contributed by atoms with Crippen molar-refractivity contribution < 1.29 is 19.5 Å². The monoisotopic (exact) mass is 318 g/mol. The molecule has 0 spiro atoms. The number of nitrogens with one attached hydrogen (secondary N) is 2. The van der Waals surface area contributed by atoms with Crippen LogP contribution in [0.2, 0.25) is 0 Å². The summed E-state index contributed by atoms with van der Waals surface area (Å²) in [7, 11) is 0. The molecule has 6 nitrogen and oxygen atoms in total. The second kappa shape index (κ2) is 7.26. The summed E-state index contributed by atoms with van der Waals surface area (Å²) in [6, 6.07) is 4.12. The van der Waals surface area contributed by atoms with E-state index in [0.717, 1.165) is 17.7 Å². The predicted octanol–water partition coefficient (Wildman–Crippen LogP) is 2.19. The van der Waals surface area contributed by atoms with Gasteiger partial charge in [0, 0.05) is 17.7 Å². The molecule has 2 atom stereocenters. The van der Waals surface area contributed by atoms with Gasteiger partial charge in [0.25, 0.3) is 5.91 Å². The second-order valence-electron chi connectivity index (χ2n) is 5.95. The quantitative estimate of drug-likeness (QED) is 0.775. The first-order chi connectivity index (χ1) is 10.9. The Kier molecular flexibility index (Phi) is 5.36. The highest BCUT2D eigenvalue weighted by Gasteiger charge is 2.26. The van der Waals surface area contributed by atoms with Crippen LogP contribution in [0.1, 0.15) is 49.0 Å². The van der Waals surface area contributed by atoms with Gasteiger partial charge in [0.05, 0.1) is 0 Å². The number of carbonyl (C=O) groups is 3. The van der Waals surface area contributed by atoms with E-state index in [1.165, 1.54) is 0 Å². The fraction of sp³-hybridized carbons (Fsp3) is 0.471. The Bertz CT molecular complexity index is 627. The van der Waals surface area contributed by atoms with Crippen LogP contribution in [-0.2, 0) is 16.0 Å². The summed E-state index contributed by atoms with van der Waals surface area (Å²) in [4.78, 5) is 35.2. The summed E-state index contributed by atoms with van der Waals surface area (Å²) in [6.45, 7) is 3.68. The summed E-state index contributed by atoms with van der Waals surface area (Å²) in [6.07, 6.45) is 2.57. The number of hydrogen-bond donors (Lipinski definition) is 3. The van der Waals surface area contributed by atoms with Crippen molar-refractivity contribution in [2.45, 2.75) is 45.6 Å². The Morgan fingerprint density at radius 2 is 2.09 bits per heavy atom. The van der Waals surface area contributed by atoms with Crippen LogP contribution in [0.4, 0.5) is 5.69 Å². The molecule has 0 fully saturated rings. The number of rotatable bonds is 5. The van der Waals surface area contributed by atoms with Crippen molar-refractivity contribution in [1.29, 1.82) is 0 Å². The van der Waals surface area contributed by atoms with E-state index in [1.54, 1.807) is 25.1 Å². The highest BCUT2D eigenvalue weighted by atomic mass is 16.4. The SMILES string of the molecule is CCC(C)C(NC(=O)c1ccc2c(c1)CCCC(=O)N2)C(=O)O. The van der Waals surface area contributed by atoms with Gasteiger partial charge in [-0.1, -0.05) is 20.3 Å². The summed E-state index contributed by atoms with van der Waals surface area (Å²) < 4.78 is 0. The molecule has 1 aromatic rings. The van der Waals surface area contributed by atoms with Gasteiger partial charge in [0.1, 0.15) is 6.04 Å². The lowest BCUT2D eigenvalue weighted by atomic mass is 9.98.